The number of nitrogens with one attached hydrogen (secondary N) is 1. The molecule has 6 heteroatoms. The number of benzene rings is 2. The van der Waals surface area contributed by atoms with Gasteiger partial charge in [-0.3, -0.25) is 4.79 Å². The van der Waals surface area contributed by atoms with E-state index >= 15 is 0 Å². The number of phenols is 1. The molecule has 6 nitrogen and oxygen atoms in total. The van der Waals surface area contributed by atoms with E-state index in [-0.39, 0.29) is 5.75 Å². The van der Waals surface area contributed by atoms with Crippen LogP contribution in [0, 0.1) is 0 Å². The molecule has 0 unspecified atom stereocenters. The lowest BCUT2D eigenvalue weighted by atomic mass is 9.87. The van der Waals surface area contributed by atoms with Crippen LogP contribution in [-0.2, 0) is 10.3 Å². The first-order valence-corrected chi connectivity index (χ1v) is 7.62. The summed E-state index contributed by atoms with van der Waals surface area (Å²) >= 11 is 0. The molecule has 2 N–H and O–H groups in total. The molecule has 0 bridgehead atoms. The molecule has 1 aliphatic rings. The van der Waals surface area contributed by atoms with Gasteiger partial charge in [0.1, 0.15) is 11.3 Å². The van der Waals surface area contributed by atoms with E-state index < -0.39 is 17.5 Å². The number of urea groups is 1. The predicted octanol–water partition coefficient (Wildman–Crippen LogP) is 2.58. The highest BCUT2D eigenvalue weighted by Crippen LogP contribution is 2.32. The molecule has 0 aromatic heterocycles. The Labute approximate surface area is 139 Å². The number of hydrogen-bond acceptors (Lipinski definition) is 4. The largest absolute Gasteiger partial charge is 0.508 e. The lowest BCUT2D eigenvalue weighted by Gasteiger charge is -2.24. The van der Waals surface area contributed by atoms with E-state index in [0.29, 0.717) is 12.0 Å². The molecule has 3 rings (SSSR count). The fraction of sp³-hybridized carbons (Fsp3) is 0.167. The van der Waals surface area contributed by atoms with Crippen LogP contribution in [0.5, 0.6) is 5.75 Å². The van der Waals surface area contributed by atoms with Gasteiger partial charge in [0.15, 0.2) is 0 Å². The maximum absolute atomic E-state index is 12.8. The fourth-order valence-corrected chi connectivity index (χ4v) is 2.71. The average Bonchev–Trinajstić information content (AvgIpc) is 2.86. The molecule has 0 saturated carbocycles. The summed E-state index contributed by atoms with van der Waals surface area (Å²) in [5.41, 5.74) is 0.306. The van der Waals surface area contributed by atoms with Crippen LogP contribution in [0.2, 0.25) is 0 Å². The van der Waals surface area contributed by atoms with Crippen molar-refractivity contribution in [2.24, 2.45) is 5.10 Å². The van der Waals surface area contributed by atoms with Crippen molar-refractivity contribution in [1.82, 2.24) is 10.3 Å². The molecule has 1 heterocycles. The Kier molecular flexibility index (Phi) is 4.04. The molecule has 0 radical (unpaired) electrons. The van der Waals surface area contributed by atoms with E-state index in [1.54, 1.807) is 12.1 Å². The van der Waals surface area contributed by atoms with E-state index in [9.17, 15) is 14.7 Å². The third-order valence-electron chi connectivity index (χ3n) is 4.08. The highest BCUT2D eigenvalue weighted by Gasteiger charge is 2.51. The Bertz CT molecular complexity index is 787. The Morgan fingerprint density at radius 2 is 1.79 bits per heavy atom. The number of hydrazone groups is 1. The normalized spacial score (nSPS) is 20.6. The summed E-state index contributed by atoms with van der Waals surface area (Å²) in [6.45, 7) is 1.85. The minimum atomic E-state index is -1.09. The topological polar surface area (TPSA) is 82.0 Å². The van der Waals surface area contributed by atoms with E-state index in [4.69, 9.17) is 0 Å². The molecular weight excluding hydrogens is 306 g/mol. The number of carbonyl (C=O) groups excluding carboxylic acids is 2. The van der Waals surface area contributed by atoms with Gasteiger partial charge in [-0.1, -0.05) is 37.3 Å². The summed E-state index contributed by atoms with van der Waals surface area (Å²) in [6.07, 6.45) is 1.83. The Balaban J connectivity index is 1.90. The first-order valence-electron chi connectivity index (χ1n) is 7.62. The van der Waals surface area contributed by atoms with Gasteiger partial charge in [-0.2, -0.15) is 5.10 Å². The van der Waals surface area contributed by atoms with Gasteiger partial charge in [0.05, 0.1) is 6.21 Å². The third kappa shape index (κ3) is 2.62. The number of phenolic OH excluding ortho intramolecular Hbond substituents is 1. The van der Waals surface area contributed by atoms with Crippen molar-refractivity contribution in [2.75, 3.05) is 0 Å². The summed E-state index contributed by atoms with van der Waals surface area (Å²) in [5.74, 6) is -0.271. The second-order valence-corrected chi connectivity index (χ2v) is 5.51. The maximum atomic E-state index is 12.8. The van der Waals surface area contributed by atoms with Gasteiger partial charge < -0.3 is 10.4 Å². The molecule has 0 aliphatic carbocycles. The van der Waals surface area contributed by atoms with Crippen molar-refractivity contribution < 1.29 is 14.7 Å². The number of hydrogen-bond donors (Lipinski definition) is 2. The Morgan fingerprint density at radius 3 is 2.42 bits per heavy atom. The first-order chi connectivity index (χ1) is 11.6. The number of amides is 3. The van der Waals surface area contributed by atoms with Crippen LogP contribution in [0.4, 0.5) is 4.79 Å². The van der Waals surface area contributed by atoms with Crippen LogP contribution in [-0.4, -0.2) is 28.3 Å². The van der Waals surface area contributed by atoms with Gasteiger partial charge in [0.25, 0.3) is 5.91 Å². The van der Waals surface area contributed by atoms with Crippen molar-refractivity contribution in [3.63, 3.8) is 0 Å². The number of carbonyl (C=O) groups is 2. The molecule has 1 saturated heterocycles. The molecule has 122 valence electrons. The van der Waals surface area contributed by atoms with E-state index in [2.05, 4.69) is 10.4 Å². The maximum Gasteiger partial charge on any atom is 0.346 e. The third-order valence-corrected chi connectivity index (χ3v) is 4.08. The van der Waals surface area contributed by atoms with Crippen molar-refractivity contribution in [2.45, 2.75) is 18.9 Å². The zero-order valence-electron chi connectivity index (χ0n) is 13.1. The van der Waals surface area contributed by atoms with Crippen molar-refractivity contribution in [3.8, 4) is 5.75 Å². The van der Waals surface area contributed by atoms with Gasteiger partial charge in [-0.25, -0.2) is 4.79 Å². The minimum Gasteiger partial charge on any atom is -0.508 e. The molecular formula is C18H17N3O3. The van der Waals surface area contributed by atoms with Crippen LogP contribution in [0.1, 0.15) is 24.5 Å². The lowest BCUT2D eigenvalue weighted by Crippen LogP contribution is -2.43. The van der Waals surface area contributed by atoms with Crippen molar-refractivity contribution in [1.29, 1.82) is 0 Å². The van der Waals surface area contributed by atoms with Crippen LogP contribution in [0.15, 0.2) is 59.7 Å². The molecule has 2 aromatic carbocycles. The first kappa shape index (κ1) is 15.7. The number of rotatable bonds is 4. The van der Waals surface area contributed by atoms with Gasteiger partial charge in [0, 0.05) is 0 Å². The SMILES string of the molecule is CC[C@]1(c2ccccc2)NC(=O)N(/N=C/c2ccc(O)cc2)C1=O. The van der Waals surface area contributed by atoms with Crippen molar-refractivity contribution in [3.05, 3.63) is 65.7 Å². The molecule has 1 atom stereocenters. The smallest absolute Gasteiger partial charge is 0.346 e. The van der Waals surface area contributed by atoms with E-state index in [1.807, 2.05) is 37.3 Å². The highest BCUT2D eigenvalue weighted by molar-refractivity contribution is 6.07. The van der Waals surface area contributed by atoms with Gasteiger partial charge >= 0.3 is 6.03 Å². The zero-order chi connectivity index (χ0) is 17.2. The molecule has 3 amide bonds. The van der Waals surface area contributed by atoms with Crippen LogP contribution in [0.3, 0.4) is 0 Å². The predicted molar refractivity (Wildman–Crippen MR) is 89.5 cm³/mol. The fourth-order valence-electron chi connectivity index (χ4n) is 2.71. The number of aromatic hydroxyl groups is 1. The minimum absolute atomic E-state index is 0.135. The quantitative estimate of drug-likeness (QED) is 0.670. The average molecular weight is 323 g/mol. The highest BCUT2D eigenvalue weighted by atomic mass is 16.3. The second kappa shape index (κ2) is 6.16. The van der Waals surface area contributed by atoms with Crippen LogP contribution < -0.4 is 5.32 Å². The molecule has 2 aromatic rings. The van der Waals surface area contributed by atoms with Gasteiger partial charge in [-0.05, 0) is 41.8 Å². The molecule has 0 spiro atoms. The lowest BCUT2D eigenvalue weighted by molar-refractivity contribution is -0.131. The number of imide groups is 1. The summed E-state index contributed by atoms with van der Waals surface area (Å²) < 4.78 is 0. The van der Waals surface area contributed by atoms with Gasteiger partial charge in [0.2, 0.25) is 0 Å². The van der Waals surface area contributed by atoms with Crippen LogP contribution >= 0.6 is 0 Å². The van der Waals surface area contributed by atoms with E-state index in [1.165, 1.54) is 18.3 Å². The zero-order valence-corrected chi connectivity index (χ0v) is 13.1. The number of nitrogens with zero attached hydrogens (tertiary/aromatic N) is 2. The Hall–Kier alpha value is -3.15. The summed E-state index contributed by atoms with van der Waals surface area (Å²) in [5, 5.41) is 16.9. The second-order valence-electron chi connectivity index (χ2n) is 5.51. The van der Waals surface area contributed by atoms with Crippen molar-refractivity contribution >= 4 is 18.2 Å². The molecule has 1 aliphatic heterocycles. The molecule has 1 fully saturated rings. The Morgan fingerprint density at radius 1 is 1.12 bits per heavy atom. The summed E-state index contributed by atoms with van der Waals surface area (Å²) in [6, 6.07) is 14.9. The monoisotopic (exact) mass is 323 g/mol. The standard InChI is InChI=1S/C18H17N3O3/c1-2-18(14-6-4-3-5-7-14)16(23)21(17(24)20-18)19-12-13-8-10-15(22)11-9-13/h3-12,22H,2H2,1H3,(H,20,24)/b19-12+/t18-/m1/s1. The molecule has 24 heavy (non-hydrogen) atoms. The van der Waals surface area contributed by atoms with Gasteiger partial charge in [-0.15, -0.1) is 5.01 Å². The van der Waals surface area contributed by atoms with Crippen LogP contribution in [0.25, 0.3) is 0 Å². The summed E-state index contributed by atoms with van der Waals surface area (Å²) in [4.78, 5) is 25.1. The summed E-state index contributed by atoms with van der Waals surface area (Å²) in [7, 11) is 0. The van der Waals surface area contributed by atoms with E-state index in [0.717, 1.165) is 10.6 Å².